The van der Waals surface area contributed by atoms with Gasteiger partial charge in [0.05, 0.1) is 11.4 Å². The fraction of sp³-hybridized carbons (Fsp3) is 0.652. The summed E-state index contributed by atoms with van der Waals surface area (Å²) >= 11 is 0. The molecule has 0 spiro atoms. The first-order valence-electron chi connectivity index (χ1n) is 11.2. The smallest absolute Gasteiger partial charge is 0.243 e. The van der Waals surface area contributed by atoms with Crippen molar-refractivity contribution in [2.45, 2.75) is 65.2 Å². The van der Waals surface area contributed by atoms with E-state index in [2.05, 4.69) is 5.32 Å². The normalized spacial score (nSPS) is 18.4. The first kappa shape index (κ1) is 23.7. The minimum atomic E-state index is -3.65. The van der Waals surface area contributed by atoms with Gasteiger partial charge < -0.3 is 10.2 Å². The minimum Gasteiger partial charge on any atom is -0.347 e. The summed E-state index contributed by atoms with van der Waals surface area (Å²) in [5.41, 5.74) is 4.74. The van der Waals surface area contributed by atoms with Crippen LogP contribution < -0.4 is 5.32 Å². The van der Waals surface area contributed by atoms with Gasteiger partial charge in [-0.05, 0) is 75.3 Å². The molecule has 1 saturated carbocycles. The Labute approximate surface area is 186 Å². The number of benzene rings is 1. The van der Waals surface area contributed by atoms with Gasteiger partial charge in [0.25, 0.3) is 0 Å². The average molecular weight is 450 g/mol. The first-order chi connectivity index (χ1) is 14.6. The number of carbonyl (C=O) groups is 2. The molecule has 31 heavy (non-hydrogen) atoms. The van der Waals surface area contributed by atoms with Crippen LogP contribution in [0.4, 0.5) is 0 Å². The molecule has 1 saturated heterocycles. The highest BCUT2D eigenvalue weighted by molar-refractivity contribution is 7.89. The zero-order chi connectivity index (χ0) is 22.9. The van der Waals surface area contributed by atoms with E-state index in [1.165, 1.54) is 4.31 Å². The fourth-order valence-corrected chi connectivity index (χ4v) is 6.75. The lowest BCUT2D eigenvalue weighted by Crippen LogP contribution is -2.52. The summed E-state index contributed by atoms with van der Waals surface area (Å²) in [6, 6.07) is 0. The molecule has 1 aliphatic carbocycles. The highest BCUT2D eigenvalue weighted by atomic mass is 32.2. The minimum absolute atomic E-state index is 0.0172. The number of nitrogens with zero attached hydrogens (tertiary/aromatic N) is 2. The summed E-state index contributed by atoms with van der Waals surface area (Å²) in [6.45, 7) is 10.9. The Bertz CT molecular complexity index is 944. The van der Waals surface area contributed by atoms with Gasteiger partial charge in [-0.25, -0.2) is 8.42 Å². The molecule has 3 rings (SSSR count). The summed E-state index contributed by atoms with van der Waals surface area (Å²) in [6.07, 6.45) is 3.93. The third-order valence-corrected chi connectivity index (χ3v) is 9.43. The van der Waals surface area contributed by atoms with Crippen molar-refractivity contribution in [3.05, 3.63) is 27.8 Å². The summed E-state index contributed by atoms with van der Waals surface area (Å²) in [5.74, 6) is -0.163. The predicted octanol–water partition coefficient (Wildman–Crippen LogP) is 2.37. The van der Waals surface area contributed by atoms with E-state index in [1.54, 1.807) is 4.90 Å². The molecule has 7 nitrogen and oxygen atoms in total. The van der Waals surface area contributed by atoms with Crippen LogP contribution in [0.3, 0.4) is 0 Å². The molecule has 0 unspecified atom stereocenters. The second kappa shape index (κ2) is 9.28. The third-order valence-electron chi connectivity index (χ3n) is 7.26. The highest BCUT2D eigenvalue weighted by Crippen LogP contribution is 2.32. The SMILES string of the molecule is Cc1c(C)c(C)c(S(=O)(=O)N2CCN(C(=O)CNC(=O)C3CCCC3)CC2)c(C)c1C. The van der Waals surface area contributed by atoms with Gasteiger partial charge >= 0.3 is 0 Å². The quantitative estimate of drug-likeness (QED) is 0.748. The van der Waals surface area contributed by atoms with Crippen molar-refractivity contribution < 1.29 is 18.0 Å². The van der Waals surface area contributed by atoms with Crippen molar-refractivity contribution >= 4 is 21.8 Å². The summed E-state index contributed by atoms with van der Waals surface area (Å²) in [7, 11) is -3.65. The molecule has 2 aliphatic rings. The van der Waals surface area contributed by atoms with E-state index in [0.29, 0.717) is 18.0 Å². The van der Waals surface area contributed by atoms with Crippen LogP contribution in [0.25, 0.3) is 0 Å². The number of amides is 2. The van der Waals surface area contributed by atoms with Crippen molar-refractivity contribution in [1.29, 1.82) is 0 Å². The van der Waals surface area contributed by atoms with Crippen molar-refractivity contribution in [2.24, 2.45) is 5.92 Å². The van der Waals surface area contributed by atoms with E-state index in [-0.39, 0.29) is 37.4 Å². The van der Waals surface area contributed by atoms with Crippen LogP contribution in [0.2, 0.25) is 0 Å². The topological polar surface area (TPSA) is 86.8 Å². The van der Waals surface area contributed by atoms with Gasteiger partial charge in [-0.2, -0.15) is 4.31 Å². The maximum absolute atomic E-state index is 13.4. The summed E-state index contributed by atoms with van der Waals surface area (Å²) < 4.78 is 28.4. The van der Waals surface area contributed by atoms with Gasteiger partial charge in [-0.15, -0.1) is 0 Å². The Morgan fingerprint density at radius 1 is 0.839 bits per heavy atom. The molecular formula is C23H35N3O4S. The average Bonchev–Trinajstić information content (AvgIpc) is 3.29. The lowest BCUT2D eigenvalue weighted by Gasteiger charge is -2.35. The van der Waals surface area contributed by atoms with Crippen molar-refractivity contribution in [1.82, 2.24) is 14.5 Å². The Morgan fingerprint density at radius 3 is 1.84 bits per heavy atom. The van der Waals surface area contributed by atoms with E-state index in [1.807, 2.05) is 34.6 Å². The van der Waals surface area contributed by atoms with E-state index in [9.17, 15) is 18.0 Å². The molecule has 1 heterocycles. The van der Waals surface area contributed by atoms with Crippen LogP contribution in [0, 0.1) is 40.5 Å². The Morgan fingerprint density at radius 2 is 1.32 bits per heavy atom. The van der Waals surface area contributed by atoms with Gasteiger partial charge in [0.1, 0.15) is 0 Å². The van der Waals surface area contributed by atoms with Crippen molar-refractivity contribution in [3.63, 3.8) is 0 Å². The number of piperazine rings is 1. The van der Waals surface area contributed by atoms with E-state index in [0.717, 1.165) is 53.5 Å². The molecule has 1 aliphatic heterocycles. The van der Waals surface area contributed by atoms with Gasteiger partial charge in [0, 0.05) is 32.1 Å². The van der Waals surface area contributed by atoms with Gasteiger partial charge in [-0.1, -0.05) is 12.8 Å². The van der Waals surface area contributed by atoms with Crippen LogP contribution in [0.15, 0.2) is 4.90 Å². The van der Waals surface area contributed by atoms with Crippen LogP contribution >= 0.6 is 0 Å². The fourth-order valence-electron chi connectivity index (χ4n) is 4.77. The number of hydrogen-bond acceptors (Lipinski definition) is 4. The molecule has 172 valence electrons. The second-order valence-corrected chi connectivity index (χ2v) is 10.8. The molecule has 1 aromatic carbocycles. The molecule has 0 bridgehead atoms. The van der Waals surface area contributed by atoms with Crippen LogP contribution in [-0.2, 0) is 19.6 Å². The Hall–Kier alpha value is -1.93. The Kier molecular flexibility index (Phi) is 7.11. The standard InChI is InChI=1S/C23H35N3O4S/c1-15-16(2)18(4)22(19(5)17(15)3)31(29,30)26-12-10-25(11-13-26)21(27)14-24-23(28)20-8-6-7-9-20/h20H,6-14H2,1-5H3,(H,24,28). The molecule has 8 heteroatoms. The molecule has 2 amide bonds. The van der Waals surface area contributed by atoms with Crippen molar-refractivity contribution in [3.8, 4) is 0 Å². The zero-order valence-corrected chi connectivity index (χ0v) is 20.2. The van der Waals surface area contributed by atoms with E-state index < -0.39 is 10.0 Å². The monoisotopic (exact) mass is 449 g/mol. The number of nitrogens with one attached hydrogen (secondary N) is 1. The first-order valence-corrected chi connectivity index (χ1v) is 12.6. The van der Waals surface area contributed by atoms with Gasteiger partial charge in [-0.3, -0.25) is 9.59 Å². The van der Waals surface area contributed by atoms with E-state index >= 15 is 0 Å². The Balaban J connectivity index is 1.64. The molecular weight excluding hydrogens is 414 g/mol. The van der Waals surface area contributed by atoms with Crippen LogP contribution in [-0.4, -0.2) is 62.2 Å². The van der Waals surface area contributed by atoms with E-state index in [4.69, 9.17) is 0 Å². The molecule has 1 aromatic rings. The number of hydrogen-bond donors (Lipinski definition) is 1. The number of sulfonamides is 1. The number of rotatable bonds is 5. The maximum atomic E-state index is 13.4. The maximum Gasteiger partial charge on any atom is 0.243 e. The van der Waals surface area contributed by atoms with Crippen LogP contribution in [0.5, 0.6) is 0 Å². The largest absolute Gasteiger partial charge is 0.347 e. The summed E-state index contributed by atoms with van der Waals surface area (Å²) in [4.78, 5) is 26.7. The predicted molar refractivity (Wildman–Crippen MR) is 120 cm³/mol. The molecule has 2 fully saturated rings. The molecule has 0 radical (unpaired) electrons. The lowest BCUT2D eigenvalue weighted by molar-refractivity contribution is -0.134. The van der Waals surface area contributed by atoms with Crippen molar-refractivity contribution in [2.75, 3.05) is 32.7 Å². The third kappa shape index (κ3) is 4.65. The molecule has 0 atom stereocenters. The van der Waals surface area contributed by atoms with Gasteiger partial charge in [0.2, 0.25) is 21.8 Å². The zero-order valence-electron chi connectivity index (χ0n) is 19.4. The molecule has 0 aromatic heterocycles. The van der Waals surface area contributed by atoms with Crippen LogP contribution in [0.1, 0.15) is 53.5 Å². The number of carbonyl (C=O) groups excluding carboxylic acids is 2. The lowest BCUT2D eigenvalue weighted by atomic mass is 9.95. The van der Waals surface area contributed by atoms with Gasteiger partial charge in [0.15, 0.2) is 0 Å². The second-order valence-electron chi connectivity index (χ2n) is 8.94. The summed E-state index contributed by atoms with van der Waals surface area (Å²) in [5, 5.41) is 2.76. The molecule has 1 N–H and O–H groups in total. The highest BCUT2D eigenvalue weighted by Gasteiger charge is 2.33.